The van der Waals surface area contributed by atoms with E-state index >= 15 is 0 Å². The molecule has 0 radical (unpaired) electrons. The number of para-hydroxylation sites is 1. The molecule has 2 rings (SSSR count). The molecular formula is C16H18F3NO4. The molecule has 1 aromatic carbocycles. The summed E-state index contributed by atoms with van der Waals surface area (Å²) in [6.45, 7) is 1.28. The van der Waals surface area contributed by atoms with Gasteiger partial charge in [-0.2, -0.15) is 13.2 Å². The van der Waals surface area contributed by atoms with Crippen molar-refractivity contribution in [1.29, 1.82) is 0 Å². The zero-order valence-corrected chi connectivity index (χ0v) is 13.0. The molecule has 0 saturated heterocycles. The number of ether oxygens (including phenoxy) is 1. The van der Waals surface area contributed by atoms with Crippen LogP contribution in [0.15, 0.2) is 24.3 Å². The third kappa shape index (κ3) is 3.80. The van der Waals surface area contributed by atoms with Crippen molar-refractivity contribution in [3.63, 3.8) is 0 Å². The van der Waals surface area contributed by atoms with Crippen LogP contribution < -0.4 is 10.1 Å². The van der Waals surface area contributed by atoms with Crippen molar-refractivity contribution in [3.8, 4) is 5.75 Å². The predicted octanol–water partition coefficient (Wildman–Crippen LogP) is 2.99. The Bertz CT molecular complexity index is 624. The summed E-state index contributed by atoms with van der Waals surface area (Å²) >= 11 is 0. The maximum Gasteiger partial charge on any atom is 0.419 e. The summed E-state index contributed by atoms with van der Waals surface area (Å²) in [6, 6.07) is 4.56. The van der Waals surface area contributed by atoms with E-state index in [2.05, 4.69) is 5.32 Å². The van der Waals surface area contributed by atoms with Crippen LogP contribution >= 0.6 is 0 Å². The molecule has 5 nitrogen and oxygen atoms in total. The van der Waals surface area contributed by atoms with Gasteiger partial charge in [0.25, 0.3) is 5.91 Å². The van der Waals surface area contributed by atoms with Gasteiger partial charge in [0.05, 0.1) is 5.56 Å². The maximum atomic E-state index is 12.9. The summed E-state index contributed by atoms with van der Waals surface area (Å²) in [5.74, 6) is -2.36. The van der Waals surface area contributed by atoms with E-state index in [1.165, 1.54) is 19.1 Å². The Hall–Kier alpha value is -2.25. The van der Waals surface area contributed by atoms with Gasteiger partial charge in [-0.05, 0) is 31.9 Å². The van der Waals surface area contributed by atoms with Crippen LogP contribution in [0, 0.1) is 0 Å². The van der Waals surface area contributed by atoms with Crippen molar-refractivity contribution in [2.45, 2.75) is 50.4 Å². The van der Waals surface area contributed by atoms with Crippen molar-refractivity contribution in [2.75, 3.05) is 0 Å². The van der Waals surface area contributed by atoms with Gasteiger partial charge in [0, 0.05) is 0 Å². The first-order chi connectivity index (χ1) is 11.2. The molecule has 0 heterocycles. The fourth-order valence-corrected chi connectivity index (χ4v) is 2.76. The Balaban J connectivity index is 2.11. The number of aliphatic carboxylic acids is 1. The number of rotatable bonds is 5. The second-order valence-corrected chi connectivity index (χ2v) is 5.84. The highest BCUT2D eigenvalue weighted by Crippen LogP contribution is 2.36. The molecule has 1 saturated carbocycles. The lowest BCUT2D eigenvalue weighted by molar-refractivity contribution is -0.148. The second kappa shape index (κ2) is 6.70. The van der Waals surface area contributed by atoms with Gasteiger partial charge in [0.15, 0.2) is 6.10 Å². The van der Waals surface area contributed by atoms with Crippen molar-refractivity contribution in [3.05, 3.63) is 29.8 Å². The molecule has 1 aliphatic carbocycles. The molecule has 0 aromatic heterocycles. The maximum absolute atomic E-state index is 12.9. The highest BCUT2D eigenvalue weighted by Gasteiger charge is 2.43. The molecule has 0 spiro atoms. The number of carbonyl (C=O) groups is 2. The number of carbonyl (C=O) groups excluding carboxylic acids is 1. The molecule has 0 aliphatic heterocycles. The Morgan fingerprint density at radius 2 is 1.83 bits per heavy atom. The fraction of sp³-hybridized carbons (Fsp3) is 0.500. The van der Waals surface area contributed by atoms with Crippen LogP contribution in [-0.2, 0) is 15.8 Å². The fourth-order valence-electron chi connectivity index (χ4n) is 2.76. The first kappa shape index (κ1) is 18.1. The molecule has 1 atom stereocenters. The quantitative estimate of drug-likeness (QED) is 0.860. The summed E-state index contributed by atoms with van der Waals surface area (Å²) in [5, 5.41) is 11.8. The minimum atomic E-state index is -4.61. The zero-order valence-electron chi connectivity index (χ0n) is 13.0. The van der Waals surface area contributed by atoms with Gasteiger partial charge < -0.3 is 15.2 Å². The molecule has 1 aliphatic rings. The van der Waals surface area contributed by atoms with E-state index in [9.17, 15) is 27.9 Å². The Kier molecular flexibility index (Phi) is 5.05. The van der Waals surface area contributed by atoms with Crippen LogP contribution in [0.4, 0.5) is 13.2 Å². The summed E-state index contributed by atoms with van der Waals surface area (Å²) in [7, 11) is 0. The van der Waals surface area contributed by atoms with Gasteiger partial charge in [-0.25, -0.2) is 4.79 Å². The molecule has 1 unspecified atom stereocenters. The monoisotopic (exact) mass is 345 g/mol. The Morgan fingerprint density at radius 3 is 2.38 bits per heavy atom. The molecule has 8 heteroatoms. The third-order valence-electron chi connectivity index (χ3n) is 4.09. The lowest BCUT2D eigenvalue weighted by Gasteiger charge is -2.27. The topological polar surface area (TPSA) is 75.6 Å². The Labute approximate surface area is 136 Å². The SMILES string of the molecule is CC(Oc1ccccc1C(F)(F)F)C(=O)NC1(C(=O)O)CCCC1. The minimum absolute atomic E-state index is 0.292. The van der Waals surface area contributed by atoms with Crippen LogP contribution in [0.3, 0.4) is 0 Å². The van der Waals surface area contributed by atoms with Crippen molar-refractivity contribution in [2.24, 2.45) is 0 Å². The number of hydrogen-bond donors (Lipinski definition) is 2. The highest BCUT2D eigenvalue weighted by molar-refractivity contribution is 5.89. The molecule has 1 amide bonds. The minimum Gasteiger partial charge on any atom is -0.480 e. The summed E-state index contributed by atoms with van der Waals surface area (Å²) in [4.78, 5) is 23.6. The van der Waals surface area contributed by atoms with Crippen LogP contribution in [0.2, 0.25) is 0 Å². The molecule has 132 valence electrons. The largest absolute Gasteiger partial charge is 0.480 e. The molecular weight excluding hydrogens is 327 g/mol. The van der Waals surface area contributed by atoms with Crippen LogP contribution in [0.1, 0.15) is 38.2 Å². The average Bonchev–Trinajstić information content (AvgIpc) is 2.96. The van der Waals surface area contributed by atoms with E-state index in [1.54, 1.807) is 0 Å². The van der Waals surface area contributed by atoms with E-state index in [4.69, 9.17) is 4.74 Å². The van der Waals surface area contributed by atoms with Crippen molar-refractivity contribution < 1.29 is 32.6 Å². The summed E-state index contributed by atoms with van der Waals surface area (Å²) in [6.07, 6.45) is -3.96. The number of halogens is 3. The highest BCUT2D eigenvalue weighted by atomic mass is 19.4. The number of alkyl halides is 3. The number of benzene rings is 1. The number of carboxylic acids is 1. The number of carboxylic acid groups (broad SMARTS) is 1. The number of nitrogens with one attached hydrogen (secondary N) is 1. The molecule has 2 N–H and O–H groups in total. The van der Waals surface area contributed by atoms with Gasteiger partial charge in [-0.1, -0.05) is 25.0 Å². The predicted molar refractivity (Wildman–Crippen MR) is 78.5 cm³/mol. The zero-order chi connectivity index (χ0) is 18.0. The summed E-state index contributed by atoms with van der Waals surface area (Å²) < 4.78 is 44.0. The van der Waals surface area contributed by atoms with Gasteiger partial charge in [0.2, 0.25) is 0 Å². The standard InChI is InChI=1S/C16H18F3NO4/c1-10(13(21)20-15(14(22)23)8-4-5-9-15)24-12-7-3-2-6-11(12)16(17,18)19/h2-3,6-7,10H,4-5,8-9H2,1H3,(H,20,21)(H,22,23). The smallest absolute Gasteiger partial charge is 0.419 e. The molecule has 0 bridgehead atoms. The second-order valence-electron chi connectivity index (χ2n) is 5.84. The van der Waals surface area contributed by atoms with Gasteiger partial charge in [-0.15, -0.1) is 0 Å². The van der Waals surface area contributed by atoms with Crippen molar-refractivity contribution >= 4 is 11.9 Å². The van der Waals surface area contributed by atoms with Crippen molar-refractivity contribution in [1.82, 2.24) is 5.32 Å². The number of amides is 1. The van der Waals surface area contributed by atoms with E-state index in [-0.39, 0.29) is 0 Å². The van der Waals surface area contributed by atoms with Gasteiger partial charge in [0.1, 0.15) is 11.3 Å². The van der Waals surface area contributed by atoms with E-state index in [0.29, 0.717) is 25.7 Å². The lowest BCUT2D eigenvalue weighted by atomic mass is 9.97. The van der Waals surface area contributed by atoms with Gasteiger partial charge in [-0.3, -0.25) is 4.79 Å². The van der Waals surface area contributed by atoms with E-state index in [0.717, 1.165) is 12.1 Å². The lowest BCUT2D eigenvalue weighted by Crippen LogP contribution is -2.55. The summed E-state index contributed by atoms with van der Waals surface area (Å²) in [5.41, 5.74) is -2.35. The third-order valence-corrected chi connectivity index (χ3v) is 4.09. The normalized spacial score (nSPS) is 18.0. The van der Waals surface area contributed by atoms with Gasteiger partial charge >= 0.3 is 12.1 Å². The van der Waals surface area contributed by atoms with Crippen LogP contribution in [0.5, 0.6) is 5.75 Å². The first-order valence-electron chi connectivity index (χ1n) is 7.54. The van der Waals surface area contributed by atoms with E-state index in [1.807, 2.05) is 0 Å². The number of hydrogen-bond acceptors (Lipinski definition) is 3. The molecule has 1 aromatic rings. The first-order valence-corrected chi connectivity index (χ1v) is 7.54. The average molecular weight is 345 g/mol. The Morgan fingerprint density at radius 1 is 1.25 bits per heavy atom. The van der Waals surface area contributed by atoms with Crippen LogP contribution in [-0.4, -0.2) is 28.6 Å². The molecule has 1 fully saturated rings. The molecule has 24 heavy (non-hydrogen) atoms. The van der Waals surface area contributed by atoms with Crippen LogP contribution in [0.25, 0.3) is 0 Å². The van der Waals surface area contributed by atoms with E-state index < -0.39 is 41.0 Å².